The van der Waals surface area contributed by atoms with Gasteiger partial charge in [-0.1, -0.05) is 139 Å². The van der Waals surface area contributed by atoms with E-state index in [2.05, 4.69) is 121 Å². The maximum atomic E-state index is 6.84. The molecule has 0 aliphatic carbocycles. The molecule has 2 aromatic heterocycles. The second kappa shape index (κ2) is 11.4. The average Bonchev–Trinajstić information content (AvgIpc) is 3.54. The van der Waals surface area contributed by atoms with Gasteiger partial charge in [0.05, 0.1) is 5.02 Å². The predicted octanol–water partition coefficient (Wildman–Crippen LogP) is 12.6. The Labute approximate surface area is 292 Å². The Bertz CT molecular complexity index is 2950. The number of hydrogen-bond donors (Lipinski definition) is 0. The molecule has 0 saturated carbocycles. The first-order valence-corrected chi connectivity index (χ1v) is 16.9. The summed E-state index contributed by atoms with van der Waals surface area (Å²) in [5.74, 6) is 1.78. The van der Waals surface area contributed by atoms with E-state index in [1.807, 2.05) is 36.4 Å². The normalized spacial score (nSPS) is 11.7. The summed E-state index contributed by atoms with van der Waals surface area (Å²) in [5.41, 5.74) is 6.15. The van der Waals surface area contributed by atoms with Gasteiger partial charge in [-0.2, -0.15) is 0 Å². The van der Waals surface area contributed by atoms with Crippen LogP contribution in [0.1, 0.15) is 0 Å². The van der Waals surface area contributed by atoms with Crippen LogP contribution in [0.4, 0.5) is 0 Å². The molecule has 0 unspecified atom stereocenters. The van der Waals surface area contributed by atoms with Crippen LogP contribution in [-0.2, 0) is 0 Å². The van der Waals surface area contributed by atoms with Crippen molar-refractivity contribution in [3.8, 4) is 45.3 Å². The van der Waals surface area contributed by atoms with E-state index in [1.165, 1.54) is 5.39 Å². The van der Waals surface area contributed by atoms with Crippen molar-refractivity contribution >= 4 is 65.9 Å². The topological polar surface area (TPSA) is 51.8 Å². The minimum absolute atomic E-state index is 0.569. The third-order valence-electron chi connectivity index (χ3n) is 9.56. The van der Waals surface area contributed by atoms with Gasteiger partial charge in [-0.25, -0.2) is 15.0 Å². The van der Waals surface area contributed by atoms with E-state index in [0.29, 0.717) is 28.1 Å². The lowest BCUT2D eigenvalue weighted by Crippen LogP contribution is -2.01. The van der Waals surface area contributed by atoms with E-state index in [1.54, 1.807) is 0 Å². The van der Waals surface area contributed by atoms with Crippen LogP contribution in [0.2, 0.25) is 5.02 Å². The van der Waals surface area contributed by atoms with Crippen LogP contribution in [0.3, 0.4) is 0 Å². The smallest absolute Gasteiger partial charge is 0.164 e. The summed E-state index contributed by atoms with van der Waals surface area (Å²) in [4.78, 5) is 15.7. The highest BCUT2D eigenvalue weighted by atomic mass is 35.5. The standard InChI is InChI=1S/C45H26ClN3O/c46-39-26-41-38(25-36(39)28-12-2-1-3-13-28)42-35(19-10-20-40(42)50-41)44-47-43(31-22-21-27-11-4-5-14-29(27)23-31)48-45(49-44)37-24-30-15-6-7-16-32(30)33-17-8-9-18-34(33)37/h1-26H. The lowest BCUT2D eigenvalue weighted by Gasteiger charge is -2.13. The van der Waals surface area contributed by atoms with Crippen molar-refractivity contribution in [3.05, 3.63) is 163 Å². The Morgan fingerprint density at radius 3 is 1.90 bits per heavy atom. The van der Waals surface area contributed by atoms with Crippen molar-refractivity contribution in [2.24, 2.45) is 0 Å². The van der Waals surface area contributed by atoms with Gasteiger partial charge in [-0.3, -0.25) is 0 Å². The molecule has 0 aliphatic heterocycles. The number of aromatic nitrogens is 3. The van der Waals surface area contributed by atoms with Crippen molar-refractivity contribution in [2.75, 3.05) is 0 Å². The number of halogens is 1. The van der Waals surface area contributed by atoms with Gasteiger partial charge >= 0.3 is 0 Å². The number of nitrogens with zero attached hydrogens (tertiary/aromatic N) is 3. The molecular weight excluding hydrogens is 634 g/mol. The van der Waals surface area contributed by atoms with Crippen molar-refractivity contribution in [3.63, 3.8) is 0 Å². The molecule has 0 saturated heterocycles. The Hall–Kier alpha value is -6.36. The highest BCUT2D eigenvalue weighted by Crippen LogP contribution is 2.41. The van der Waals surface area contributed by atoms with Gasteiger partial charge in [0, 0.05) is 39.1 Å². The zero-order valence-corrected chi connectivity index (χ0v) is 27.4. The molecule has 0 fully saturated rings. The quantitative estimate of drug-likeness (QED) is 0.176. The Morgan fingerprint density at radius 2 is 1.06 bits per heavy atom. The van der Waals surface area contributed by atoms with Gasteiger partial charge in [0.1, 0.15) is 11.2 Å². The first kappa shape index (κ1) is 28.6. The summed E-state index contributed by atoms with van der Waals surface area (Å²) in [5, 5.41) is 9.36. The summed E-state index contributed by atoms with van der Waals surface area (Å²) in [6, 6.07) is 54.1. The SMILES string of the molecule is Clc1cc2oc3cccc(-c4nc(-c5ccc6ccccc6c5)nc(-c5cc6ccccc6c6ccccc56)n4)c3c2cc1-c1ccccc1. The number of furan rings is 1. The summed E-state index contributed by atoms with van der Waals surface area (Å²) in [6.07, 6.45) is 0. The third kappa shape index (κ3) is 4.65. The van der Waals surface area contributed by atoms with E-state index in [-0.39, 0.29) is 0 Å². The molecule has 2 heterocycles. The number of rotatable bonds is 4. The molecule has 0 radical (unpaired) electrons. The van der Waals surface area contributed by atoms with Crippen molar-refractivity contribution in [1.82, 2.24) is 15.0 Å². The molecule has 0 amide bonds. The van der Waals surface area contributed by atoms with Crippen LogP contribution in [-0.4, -0.2) is 15.0 Å². The Morgan fingerprint density at radius 1 is 0.380 bits per heavy atom. The molecule has 5 heteroatoms. The molecule has 234 valence electrons. The largest absolute Gasteiger partial charge is 0.456 e. The first-order chi connectivity index (χ1) is 24.7. The first-order valence-electron chi connectivity index (χ1n) is 16.5. The second-order valence-corrected chi connectivity index (χ2v) is 12.9. The molecule has 4 nitrogen and oxygen atoms in total. The van der Waals surface area contributed by atoms with E-state index in [0.717, 1.165) is 71.1 Å². The van der Waals surface area contributed by atoms with E-state index >= 15 is 0 Å². The molecule has 0 spiro atoms. The molecule has 10 aromatic rings. The highest BCUT2D eigenvalue weighted by molar-refractivity contribution is 6.34. The summed E-state index contributed by atoms with van der Waals surface area (Å²) in [7, 11) is 0. The Kier molecular flexibility index (Phi) is 6.51. The fourth-order valence-corrected chi connectivity index (χ4v) is 7.45. The van der Waals surface area contributed by atoms with Gasteiger partial charge in [0.2, 0.25) is 0 Å². The van der Waals surface area contributed by atoms with Crippen LogP contribution >= 0.6 is 11.6 Å². The average molecular weight is 660 g/mol. The molecule has 8 aromatic carbocycles. The minimum Gasteiger partial charge on any atom is -0.456 e. The van der Waals surface area contributed by atoms with Crippen LogP contribution in [0.15, 0.2) is 162 Å². The summed E-state index contributed by atoms with van der Waals surface area (Å²) in [6.45, 7) is 0. The zero-order chi connectivity index (χ0) is 33.2. The van der Waals surface area contributed by atoms with E-state index in [9.17, 15) is 0 Å². The van der Waals surface area contributed by atoms with Crippen molar-refractivity contribution < 1.29 is 4.42 Å². The lowest BCUT2D eigenvalue weighted by atomic mass is 9.96. The molecule has 0 atom stereocenters. The van der Waals surface area contributed by atoms with Crippen LogP contribution in [0, 0.1) is 0 Å². The van der Waals surface area contributed by atoms with Gasteiger partial charge in [-0.05, 0) is 62.1 Å². The summed E-state index contributed by atoms with van der Waals surface area (Å²) >= 11 is 6.84. The number of hydrogen-bond acceptors (Lipinski definition) is 4. The monoisotopic (exact) mass is 659 g/mol. The minimum atomic E-state index is 0.569. The molecule has 0 N–H and O–H groups in total. The van der Waals surface area contributed by atoms with E-state index in [4.69, 9.17) is 31.0 Å². The number of fused-ring (bicyclic) bond motifs is 7. The number of benzene rings is 8. The highest BCUT2D eigenvalue weighted by Gasteiger charge is 2.20. The van der Waals surface area contributed by atoms with Crippen molar-refractivity contribution in [1.29, 1.82) is 0 Å². The fraction of sp³-hybridized carbons (Fsp3) is 0. The Balaban J connectivity index is 1.27. The molecule has 0 bridgehead atoms. The second-order valence-electron chi connectivity index (χ2n) is 12.5. The maximum absolute atomic E-state index is 6.84. The van der Waals surface area contributed by atoms with Gasteiger partial charge < -0.3 is 4.42 Å². The van der Waals surface area contributed by atoms with Crippen molar-refractivity contribution in [2.45, 2.75) is 0 Å². The van der Waals surface area contributed by atoms with Gasteiger partial charge in [0.25, 0.3) is 0 Å². The van der Waals surface area contributed by atoms with Gasteiger partial charge in [-0.15, -0.1) is 0 Å². The third-order valence-corrected chi connectivity index (χ3v) is 9.88. The van der Waals surface area contributed by atoms with Crippen LogP contribution in [0.25, 0.3) is 99.5 Å². The summed E-state index contributed by atoms with van der Waals surface area (Å²) < 4.78 is 6.41. The van der Waals surface area contributed by atoms with Gasteiger partial charge in [0.15, 0.2) is 17.5 Å². The maximum Gasteiger partial charge on any atom is 0.164 e. The predicted molar refractivity (Wildman–Crippen MR) is 206 cm³/mol. The molecule has 50 heavy (non-hydrogen) atoms. The van der Waals surface area contributed by atoms with Crippen LogP contribution in [0.5, 0.6) is 0 Å². The van der Waals surface area contributed by atoms with Crippen LogP contribution < -0.4 is 0 Å². The molecule has 10 rings (SSSR count). The fourth-order valence-electron chi connectivity index (χ4n) is 7.19. The zero-order valence-electron chi connectivity index (χ0n) is 26.6. The molecule has 0 aliphatic rings. The molecular formula is C45H26ClN3O. The van der Waals surface area contributed by atoms with E-state index < -0.39 is 0 Å². The lowest BCUT2D eigenvalue weighted by molar-refractivity contribution is 0.669.